The largest absolute Gasteiger partial charge is 0.341 e. The van der Waals surface area contributed by atoms with Crippen LogP contribution in [0, 0.1) is 0 Å². The van der Waals surface area contributed by atoms with E-state index in [0.29, 0.717) is 6.42 Å². The summed E-state index contributed by atoms with van der Waals surface area (Å²) < 4.78 is 0.762. The Morgan fingerprint density at radius 2 is 2.30 bits per heavy atom. The number of H-pyrrole nitrogens is 1. The predicted molar refractivity (Wildman–Crippen MR) is 81.1 cm³/mol. The lowest BCUT2D eigenvalue weighted by molar-refractivity contribution is -0.129. The van der Waals surface area contributed by atoms with E-state index in [1.165, 1.54) is 11.3 Å². The van der Waals surface area contributed by atoms with Crippen molar-refractivity contribution >= 4 is 28.8 Å². The quantitative estimate of drug-likeness (QED) is 0.943. The molecule has 0 aliphatic carbocycles. The summed E-state index contributed by atoms with van der Waals surface area (Å²) in [6.07, 6.45) is 2.36. The number of aromatic nitrogens is 2. The molecule has 1 fully saturated rings. The molecule has 20 heavy (non-hydrogen) atoms. The standard InChI is InChI=1S/C14H16ClN3OS/c1-8(2)18-7-9(5-13(18)19)14-16-6-10(17-14)11-3-4-12(15)20-11/h3-4,6,8-9H,5,7H2,1-2H3,(H,16,17)/t9-/m1/s1. The SMILES string of the molecule is CC(C)N1C[C@H](c2ncc(-c3ccc(Cl)s3)[nH]2)CC1=O. The molecule has 1 saturated heterocycles. The summed E-state index contributed by atoms with van der Waals surface area (Å²) >= 11 is 7.47. The number of hydrogen-bond acceptors (Lipinski definition) is 3. The van der Waals surface area contributed by atoms with Crippen molar-refractivity contribution in [1.29, 1.82) is 0 Å². The molecule has 3 heterocycles. The first-order valence-corrected chi connectivity index (χ1v) is 7.84. The van der Waals surface area contributed by atoms with Crippen LogP contribution in [0.25, 0.3) is 10.6 Å². The monoisotopic (exact) mass is 309 g/mol. The minimum atomic E-state index is 0.161. The van der Waals surface area contributed by atoms with Crippen molar-refractivity contribution < 1.29 is 4.79 Å². The van der Waals surface area contributed by atoms with Crippen LogP contribution in [0.5, 0.6) is 0 Å². The number of aromatic amines is 1. The molecule has 4 nitrogen and oxygen atoms in total. The Labute approximate surface area is 126 Å². The molecule has 0 aromatic carbocycles. The molecule has 0 spiro atoms. The van der Waals surface area contributed by atoms with Gasteiger partial charge in [-0.15, -0.1) is 11.3 Å². The van der Waals surface area contributed by atoms with Crippen LogP contribution in [-0.4, -0.2) is 33.4 Å². The van der Waals surface area contributed by atoms with Crippen LogP contribution < -0.4 is 0 Å². The van der Waals surface area contributed by atoms with Gasteiger partial charge in [-0.05, 0) is 26.0 Å². The summed E-state index contributed by atoms with van der Waals surface area (Å²) in [7, 11) is 0. The highest BCUT2D eigenvalue weighted by Crippen LogP contribution is 2.32. The number of nitrogens with zero attached hydrogens (tertiary/aromatic N) is 2. The third kappa shape index (κ3) is 2.47. The first-order chi connectivity index (χ1) is 9.54. The first kappa shape index (κ1) is 13.6. The molecule has 1 N–H and O–H groups in total. The zero-order chi connectivity index (χ0) is 14.3. The second kappa shape index (κ2) is 5.22. The maximum absolute atomic E-state index is 11.9. The van der Waals surface area contributed by atoms with Crippen molar-refractivity contribution in [2.45, 2.75) is 32.2 Å². The van der Waals surface area contributed by atoms with Gasteiger partial charge in [-0.3, -0.25) is 4.79 Å². The van der Waals surface area contributed by atoms with Gasteiger partial charge in [-0.1, -0.05) is 11.6 Å². The number of imidazole rings is 1. The highest BCUT2D eigenvalue weighted by Gasteiger charge is 2.33. The third-order valence-corrected chi connectivity index (χ3v) is 4.87. The number of rotatable bonds is 3. The van der Waals surface area contributed by atoms with Crippen LogP contribution in [0.2, 0.25) is 4.34 Å². The second-order valence-electron chi connectivity index (χ2n) is 5.33. The van der Waals surface area contributed by atoms with Gasteiger partial charge in [-0.25, -0.2) is 4.98 Å². The van der Waals surface area contributed by atoms with E-state index in [-0.39, 0.29) is 17.9 Å². The van der Waals surface area contributed by atoms with Crippen LogP contribution in [0.4, 0.5) is 0 Å². The van der Waals surface area contributed by atoms with Gasteiger partial charge >= 0.3 is 0 Å². The molecule has 6 heteroatoms. The molecule has 1 atom stereocenters. The van der Waals surface area contributed by atoms with E-state index in [4.69, 9.17) is 11.6 Å². The van der Waals surface area contributed by atoms with Crippen molar-refractivity contribution in [3.8, 4) is 10.6 Å². The van der Waals surface area contributed by atoms with Gasteiger partial charge in [-0.2, -0.15) is 0 Å². The molecule has 0 bridgehead atoms. The van der Waals surface area contributed by atoms with Gasteiger partial charge in [0.2, 0.25) is 5.91 Å². The Morgan fingerprint density at radius 3 is 2.90 bits per heavy atom. The fourth-order valence-electron chi connectivity index (χ4n) is 2.54. The van der Waals surface area contributed by atoms with Crippen molar-refractivity contribution in [2.24, 2.45) is 0 Å². The van der Waals surface area contributed by atoms with Crippen LogP contribution in [0.1, 0.15) is 32.0 Å². The average Bonchev–Trinajstić information content (AvgIpc) is 3.06. The molecular weight excluding hydrogens is 294 g/mol. The Balaban J connectivity index is 1.80. The van der Waals surface area contributed by atoms with Crippen molar-refractivity contribution in [3.63, 3.8) is 0 Å². The lowest BCUT2D eigenvalue weighted by Gasteiger charge is -2.20. The molecule has 1 aliphatic heterocycles. The van der Waals surface area contributed by atoms with Gasteiger partial charge in [0.1, 0.15) is 5.82 Å². The maximum Gasteiger partial charge on any atom is 0.223 e. The Hall–Kier alpha value is -1.33. The number of carbonyl (C=O) groups excluding carboxylic acids is 1. The van der Waals surface area contributed by atoms with Gasteiger partial charge in [0.05, 0.1) is 21.1 Å². The molecule has 2 aromatic rings. The Kier molecular flexibility index (Phi) is 3.56. The molecule has 0 saturated carbocycles. The van der Waals surface area contributed by atoms with E-state index in [2.05, 4.69) is 9.97 Å². The van der Waals surface area contributed by atoms with E-state index < -0.39 is 0 Å². The minimum absolute atomic E-state index is 0.161. The number of amides is 1. The summed E-state index contributed by atoms with van der Waals surface area (Å²) in [5.74, 6) is 1.26. The fraction of sp³-hybridized carbons (Fsp3) is 0.429. The van der Waals surface area contributed by atoms with Crippen LogP contribution in [0.3, 0.4) is 0 Å². The van der Waals surface area contributed by atoms with Gasteiger partial charge in [0, 0.05) is 24.9 Å². The number of carbonyl (C=O) groups is 1. The third-order valence-electron chi connectivity index (χ3n) is 3.60. The Morgan fingerprint density at radius 1 is 1.50 bits per heavy atom. The lowest BCUT2D eigenvalue weighted by atomic mass is 10.1. The summed E-state index contributed by atoms with van der Waals surface area (Å²) in [5.41, 5.74) is 0.965. The topological polar surface area (TPSA) is 49.0 Å². The van der Waals surface area contributed by atoms with Crippen LogP contribution in [-0.2, 0) is 4.79 Å². The molecule has 0 unspecified atom stereocenters. The first-order valence-electron chi connectivity index (χ1n) is 6.64. The zero-order valence-corrected chi connectivity index (χ0v) is 13.0. The summed E-state index contributed by atoms with van der Waals surface area (Å²) in [4.78, 5) is 22.7. The minimum Gasteiger partial charge on any atom is -0.341 e. The van der Waals surface area contributed by atoms with Crippen molar-refractivity contribution in [3.05, 3.63) is 28.5 Å². The molecule has 0 radical (unpaired) electrons. The average molecular weight is 310 g/mol. The zero-order valence-electron chi connectivity index (χ0n) is 11.4. The summed E-state index contributed by atoms with van der Waals surface area (Å²) in [6, 6.07) is 4.10. The van der Waals surface area contributed by atoms with Crippen molar-refractivity contribution in [2.75, 3.05) is 6.54 Å². The van der Waals surface area contributed by atoms with E-state index in [1.807, 2.05) is 37.1 Å². The smallest absolute Gasteiger partial charge is 0.223 e. The number of nitrogens with one attached hydrogen (secondary N) is 1. The fourth-order valence-corrected chi connectivity index (χ4v) is 3.55. The molecule has 1 aliphatic rings. The second-order valence-corrected chi connectivity index (χ2v) is 7.04. The van der Waals surface area contributed by atoms with E-state index >= 15 is 0 Å². The summed E-state index contributed by atoms with van der Waals surface area (Å²) in [6.45, 7) is 4.83. The number of thiophene rings is 1. The van der Waals surface area contributed by atoms with Gasteiger partial charge < -0.3 is 9.88 Å². The van der Waals surface area contributed by atoms with Crippen molar-refractivity contribution in [1.82, 2.24) is 14.9 Å². The molecule has 3 rings (SSSR count). The maximum atomic E-state index is 11.9. The van der Waals surface area contributed by atoms with E-state index in [1.54, 1.807) is 0 Å². The van der Waals surface area contributed by atoms with Gasteiger partial charge in [0.15, 0.2) is 0 Å². The van der Waals surface area contributed by atoms with E-state index in [9.17, 15) is 4.79 Å². The number of halogens is 1. The van der Waals surface area contributed by atoms with Gasteiger partial charge in [0.25, 0.3) is 0 Å². The molecule has 2 aromatic heterocycles. The molecule has 106 valence electrons. The molecular formula is C14H16ClN3OS. The predicted octanol–water partition coefficient (Wildman–Crippen LogP) is 3.52. The number of likely N-dealkylation sites (tertiary alicyclic amines) is 1. The van der Waals surface area contributed by atoms with E-state index in [0.717, 1.165) is 27.3 Å². The highest BCUT2D eigenvalue weighted by atomic mass is 35.5. The summed E-state index contributed by atoms with van der Waals surface area (Å²) in [5, 5.41) is 0. The normalized spacial score (nSPS) is 19.3. The lowest BCUT2D eigenvalue weighted by Crippen LogP contribution is -2.31. The van der Waals surface area contributed by atoms with Crippen LogP contribution >= 0.6 is 22.9 Å². The van der Waals surface area contributed by atoms with Crippen LogP contribution in [0.15, 0.2) is 18.3 Å². The Bertz CT molecular complexity index is 634. The highest BCUT2D eigenvalue weighted by molar-refractivity contribution is 7.19. The molecule has 1 amide bonds. The number of hydrogen-bond donors (Lipinski definition) is 1.